The molecule has 8 heteroatoms. The number of nitriles is 1. The molecule has 1 fully saturated rings. The van der Waals surface area contributed by atoms with Crippen molar-refractivity contribution < 1.29 is 14.3 Å². The van der Waals surface area contributed by atoms with Gasteiger partial charge in [-0.3, -0.25) is 9.36 Å². The Morgan fingerprint density at radius 1 is 1.29 bits per heavy atom. The summed E-state index contributed by atoms with van der Waals surface area (Å²) in [5.74, 6) is -0.834. The Bertz CT molecular complexity index is 1270. The minimum atomic E-state index is -0.779. The number of nitrogens with zero attached hydrogens (tertiary/aromatic N) is 2. The Hall–Kier alpha value is -3.41. The molecule has 4 rings (SSSR count). The number of amides is 1. The number of carbonyl (C=O) groups is 1. The SMILES string of the molecule is Cn1c(=O)oc2ccc(-c3ccc(CC(C#N)NC(=O)C4CCC(C)(O)CCNC4)cc3)cc21. The largest absolute Gasteiger partial charge is 0.419 e. The summed E-state index contributed by atoms with van der Waals surface area (Å²) in [6.07, 6.45) is 2.19. The van der Waals surface area contributed by atoms with Crippen LogP contribution in [0.15, 0.2) is 51.7 Å². The van der Waals surface area contributed by atoms with Crippen molar-refractivity contribution in [2.24, 2.45) is 13.0 Å². The Labute approximate surface area is 198 Å². The van der Waals surface area contributed by atoms with E-state index in [0.29, 0.717) is 44.4 Å². The number of nitrogens with one attached hydrogen (secondary N) is 2. The van der Waals surface area contributed by atoms with Crippen molar-refractivity contribution in [1.29, 1.82) is 5.26 Å². The lowest BCUT2D eigenvalue weighted by Crippen LogP contribution is -2.45. The zero-order valence-corrected chi connectivity index (χ0v) is 19.5. The summed E-state index contributed by atoms with van der Waals surface area (Å²) >= 11 is 0. The van der Waals surface area contributed by atoms with E-state index in [1.807, 2.05) is 36.4 Å². The summed E-state index contributed by atoms with van der Waals surface area (Å²) in [4.78, 5) is 24.5. The molecular formula is C26H30N4O4. The van der Waals surface area contributed by atoms with Crippen molar-refractivity contribution in [3.63, 3.8) is 0 Å². The molecule has 1 saturated heterocycles. The Morgan fingerprint density at radius 2 is 2.03 bits per heavy atom. The van der Waals surface area contributed by atoms with E-state index in [0.717, 1.165) is 22.2 Å². The number of aromatic nitrogens is 1. The first-order chi connectivity index (χ1) is 16.3. The van der Waals surface area contributed by atoms with Gasteiger partial charge in [0, 0.05) is 20.0 Å². The number of aryl methyl sites for hydroxylation is 1. The quantitative estimate of drug-likeness (QED) is 0.536. The van der Waals surface area contributed by atoms with E-state index in [1.54, 1.807) is 20.0 Å². The number of aliphatic hydroxyl groups is 1. The summed E-state index contributed by atoms with van der Waals surface area (Å²) in [5, 5.41) is 26.0. The van der Waals surface area contributed by atoms with Gasteiger partial charge in [-0.25, -0.2) is 4.79 Å². The predicted molar refractivity (Wildman–Crippen MR) is 129 cm³/mol. The standard InChI is InChI=1S/C26H30N4O4/c1-26(33)10-9-20(16-28-12-11-26)24(31)29-21(15-27)13-17-3-5-18(6-4-17)19-7-8-23-22(14-19)30(2)25(32)34-23/h3-8,14,20-21,28,33H,9-13,16H2,1-2H3,(H,29,31). The van der Waals surface area contributed by atoms with Gasteiger partial charge in [0.05, 0.1) is 23.1 Å². The van der Waals surface area contributed by atoms with Crippen LogP contribution in [0.2, 0.25) is 0 Å². The van der Waals surface area contributed by atoms with Crippen molar-refractivity contribution >= 4 is 17.0 Å². The molecule has 178 valence electrons. The van der Waals surface area contributed by atoms with Crippen LogP contribution in [-0.4, -0.2) is 40.3 Å². The number of benzene rings is 2. The summed E-state index contributed by atoms with van der Waals surface area (Å²) in [7, 11) is 1.67. The molecule has 3 aromatic rings. The van der Waals surface area contributed by atoms with E-state index in [9.17, 15) is 20.0 Å². The van der Waals surface area contributed by atoms with E-state index in [2.05, 4.69) is 16.7 Å². The highest BCUT2D eigenvalue weighted by molar-refractivity contribution is 5.81. The maximum absolute atomic E-state index is 12.8. The summed E-state index contributed by atoms with van der Waals surface area (Å²) in [5.41, 5.74) is 3.36. The number of rotatable bonds is 5. The van der Waals surface area contributed by atoms with Gasteiger partial charge in [0.2, 0.25) is 5.91 Å². The first kappa shape index (κ1) is 23.7. The van der Waals surface area contributed by atoms with Crippen LogP contribution in [0.4, 0.5) is 0 Å². The molecule has 8 nitrogen and oxygen atoms in total. The Morgan fingerprint density at radius 3 is 2.76 bits per heavy atom. The average molecular weight is 463 g/mol. The summed E-state index contributed by atoms with van der Waals surface area (Å²) in [6.45, 7) is 3.00. The highest BCUT2D eigenvalue weighted by Gasteiger charge is 2.28. The molecule has 1 aliphatic rings. The third-order valence-electron chi connectivity index (χ3n) is 6.62. The average Bonchev–Trinajstić information content (AvgIpc) is 3.10. The minimum Gasteiger partial charge on any atom is -0.408 e. The lowest BCUT2D eigenvalue weighted by atomic mass is 9.88. The van der Waals surface area contributed by atoms with Gasteiger partial charge in [0.25, 0.3) is 0 Å². The van der Waals surface area contributed by atoms with Crippen molar-refractivity contribution in [1.82, 2.24) is 15.2 Å². The lowest BCUT2D eigenvalue weighted by Gasteiger charge is -2.29. The molecule has 3 atom stereocenters. The fourth-order valence-corrected chi connectivity index (χ4v) is 4.36. The zero-order chi connectivity index (χ0) is 24.3. The van der Waals surface area contributed by atoms with Crippen LogP contribution in [0.5, 0.6) is 0 Å². The molecule has 0 radical (unpaired) electrons. The molecule has 0 bridgehead atoms. The molecule has 0 saturated carbocycles. The van der Waals surface area contributed by atoms with E-state index in [1.165, 1.54) is 4.57 Å². The summed E-state index contributed by atoms with van der Waals surface area (Å²) < 4.78 is 6.66. The molecule has 2 aromatic carbocycles. The molecule has 0 spiro atoms. The van der Waals surface area contributed by atoms with Crippen LogP contribution in [-0.2, 0) is 18.3 Å². The molecule has 0 aliphatic carbocycles. The third kappa shape index (κ3) is 5.38. The van der Waals surface area contributed by atoms with E-state index < -0.39 is 17.4 Å². The van der Waals surface area contributed by atoms with Crippen molar-refractivity contribution in [2.45, 2.75) is 44.2 Å². The third-order valence-corrected chi connectivity index (χ3v) is 6.62. The van der Waals surface area contributed by atoms with Gasteiger partial charge in [-0.05, 0) is 61.6 Å². The van der Waals surface area contributed by atoms with E-state index in [4.69, 9.17) is 4.42 Å². The van der Waals surface area contributed by atoms with Crippen LogP contribution in [0.3, 0.4) is 0 Å². The molecule has 1 aromatic heterocycles. The Balaban J connectivity index is 1.41. The second kappa shape index (κ2) is 9.84. The van der Waals surface area contributed by atoms with Gasteiger partial charge in [-0.1, -0.05) is 30.3 Å². The molecular weight excluding hydrogens is 432 g/mol. The molecule has 3 N–H and O–H groups in total. The van der Waals surface area contributed by atoms with Gasteiger partial charge in [-0.15, -0.1) is 0 Å². The number of fused-ring (bicyclic) bond motifs is 1. The number of hydrogen-bond donors (Lipinski definition) is 3. The van der Waals surface area contributed by atoms with Crippen molar-refractivity contribution in [2.75, 3.05) is 13.1 Å². The second-order valence-corrected chi connectivity index (χ2v) is 9.39. The predicted octanol–water partition coefficient (Wildman–Crippen LogP) is 2.49. The van der Waals surface area contributed by atoms with Gasteiger partial charge < -0.3 is 20.2 Å². The van der Waals surface area contributed by atoms with Crippen LogP contribution in [0.25, 0.3) is 22.2 Å². The number of hydrogen-bond acceptors (Lipinski definition) is 6. The number of carbonyl (C=O) groups excluding carboxylic acids is 1. The lowest BCUT2D eigenvalue weighted by molar-refractivity contribution is -0.126. The van der Waals surface area contributed by atoms with E-state index >= 15 is 0 Å². The van der Waals surface area contributed by atoms with Crippen molar-refractivity contribution in [3.05, 3.63) is 58.6 Å². The topological polar surface area (TPSA) is 120 Å². The Kier molecular flexibility index (Phi) is 6.87. The monoisotopic (exact) mass is 462 g/mol. The van der Waals surface area contributed by atoms with Crippen molar-refractivity contribution in [3.8, 4) is 17.2 Å². The van der Waals surface area contributed by atoms with Gasteiger partial charge in [-0.2, -0.15) is 5.26 Å². The molecule has 1 aliphatic heterocycles. The normalized spacial score (nSPS) is 21.9. The first-order valence-electron chi connectivity index (χ1n) is 11.6. The molecule has 3 unspecified atom stereocenters. The van der Waals surface area contributed by atoms with Crippen LogP contribution in [0, 0.1) is 17.2 Å². The zero-order valence-electron chi connectivity index (χ0n) is 19.5. The highest BCUT2D eigenvalue weighted by Crippen LogP contribution is 2.25. The maximum Gasteiger partial charge on any atom is 0.419 e. The maximum atomic E-state index is 12.8. The van der Waals surface area contributed by atoms with Gasteiger partial charge >= 0.3 is 5.76 Å². The molecule has 34 heavy (non-hydrogen) atoms. The summed E-state index contributed by atoms with van der Waals surface area (Å²) in [6, 6.07) is 15.0. The fraction of sp³-hybridized carbons (Fsp3) is 0.423. The smallest absolute Gasteiger partial charge is 0.408 e. The fourth-order valence-electron chi connectivity index (χ4n) is 4.36. The van der Waals surface area contributed by atoms with Crippen LogP contribution in [0.1, 0.15) is 31.7 Å². The first-order valence-corrected chi connectivity index (χ1v) is 11.6. The highest BCUT2D eigenvalue weighted by atomic mass is 16.4. The second-order valence-electron chi connectivity index (χ2n) is 9.39. The molecule has 1 amide bonds. The van der Waals surface area contributed by atoms with Gasteiger partial charge in [0.15, 0.2) is 5.58 Å². The van der Waals surface area contributed by atoms with Crippen LogP contribution < -0.4 is 16.4 Å². The van der Waals surface area contributed by atoms with Crippen LogP contribution >= 0.6 is 0 Å². The minimum absolute atomic E-state index is 0.160. The van der Waals surface area contributed by atoms with Gasteiger partial charge in [0.1, 0.15) is 6.04 Å². The van der Waals surface area contributed by atoms with E-state index in [-0.39, 0.29) is 11.8 Å². The molecule has 2 heterocycles. The number of oxazole rings is 1.